The maximum Gasteiger partial charge on any atom is 0.131 e. The molecule has 0 amide bonds. The standard InChI is InChI=1S/C11H13BrFN/c1-6(2)9-5-8(13)10(7-3-4-7)11(12)14-9/h5-7H,3-4H2,1-2H3. The van der Waals surface area contributed by atoms with Gasteiger partial charge in [0.25, 0.3) is 0 Å². The molecule has 1 aliphatic rings. The molecule has 1 aromatic rings. The monoisotopic (exact) mass is 257 g/mol. The first-order chi connectivity index (χ1) is 6.59. The molecule has 14 heavy (non-hydrogen) atoms. The quantitative estimate of drug-likeness (QED) is 0.731. The van der Waals surface area contributed by atoms with Gasteiger partial charge in [-0.1, -0.05) is 13.8 Å². The molecule has 0 radical (unpaired) electrons. The molecule has 1 nitrogen and oxygen atoms in total. The van der Waals surface area contributed by atoms with Crippen LogP contribution in [0, 0.1) is 5.82 Å². The second-order valence-corrected chi connectivity index (χ2v) is 4.91. The van der Waals surface area contributed by atoms with E-state index in [1.165, 1.54) is 0 Å². The highest BCUT2D eigenvalue weighted by atomic mass is 79.9. The van der Waals surface area contributed by atoms with Crippen LogP contribution >= 0.6 is 15.9 Å². The second kappa shape index (κ2) is 3.61. The third kappa shape index (κ3) is 1.83. The average Bonchev–Trinajstić information content (AvgIpc) is 2.86. The minimum Gasteiger partial charge on any atom is -0.245 e. The lowest BCUT2D eigenvalue weighted by molar-refractivity contribution is 0.598. The summed E-state index contributed by atoms with van der Waals surface area (Å²) in [5.74, 6) is 0.574. The van der Waals surface area contributed by atoms with Crippen molar-refractivity contribution in [3.63, 3.8) is 0 Å². The summed E-state index contributed by atoms with van der Waals surface area (Å²) in [6.45, 7) is 4.04. The highest BCUT2D eigenvalue weighted by Gasteiger charge is 2.29. The minimum absolute atomic E-state index is 0.0990. The molecule has 1 aliphatic carbocycles. The summed E-state index contributed by atoms with van der Waals surface area (Å²) in [5.41, 5.74) is 1.59. The molecule has 0 aromatic carbocycles. The van der Waals surface area contributed by atoms with E-state index in [-0.39, 0.29) is 11.7 Å². The summed E-state index contributed by atoms with van der Waals surface area (Å²) >= 11 is 3.36. The van der Waals surface area contributed by atoms with Crippen LogP contribution in [0.25, 0.3) is 0 Å². The first-order valence-corrected chi connectivity index (χ1v) is 5.74. The molecule has 1 fully saturated rings. The van der Waals surface area contributed by atoms with Crippen molar-refractivity contribution in [2.75, 3.05) is 0 Å². The molecule has 1 aromatic heterocycles. The van der Waals surface area contributed by atoms with Crippen molar-refractivity contribution in [1.29, 1.82) is 0 Å². The van der Waals surface area contributed by atoms with Crippen LogP contribution in [0.15, 0.2) is 10.7 Å². The Hall–Kier alpha value is -0.440. The van der Waals surface area contributed by atoms with Crippen molar-refractivity contribution in [3.8, 4) is 0 Å². The Bertz CT molecular complexity index is 335. The number of nitrogens with zero attached hydrogens (tertiary/aromatic N) is 1. The second-order valence-electron chi connectivity index (χ2n) is 4.16. The molecule has 0 saturated heterocycles. The van der Waals surface area contributed by atoms with Crippen LogP contribution in [0.3, 0.4) is 0 Å². The fourth-order valence-electron chi connectivity index (χ4n) is 1.54. The zero-order chi connectivity index (χ0) is 10.3. The van der Waals surface area contributed by atoms with E-state index in [0.717, 1.165) is 24.1 Å². The van der Waals surface area contributed by atoms with Gasteiger partial charge in [0, 0.05) is 11.3 Å². The summed E-state index contributed by atoms with van der Waals surface area (Å²) in [7, 11) is 0. The van der Waals surface area contributed by atoms with E-state index >= 15 is 0 Å². The van der Waals surface area contributed by atoms with Crippen molar-refractivity contribution in [1.82, 2.24) is 4.98 Å². The fourth-order valence-corrected chi connectivity index (χ4v) is 2.26. The van der Waals surface area contributed by atoms with E-state index in [4.69, 9.17) is 0 Å². The summed E-state index contributed by atoms with van der Waals surface area (Å²) in [5, 5.41) is 0. The Morgan fingerprint density at radius 3 is 2.57 bits per heavy atom. The Morgan fingerprint density at radius 1 is 1.50 bits per heavy atom. The molecule has 1 saturated carbocycles. The Balaban J connectivity index is 2.44. The molecular weight excluding hydrogens is 245 g/mol. The van der Waals surface area contributed by atoms with Crippen molar-refractivity contribution in [2.45, 2.75) is 38.5 Å². The number of hydrogen-bond acceptors (Lipinski definition) is 1. The Kier molecular flexibility index (Phi) is 2.60. The van der Waals surface area contributed by atoms with E-state index in [1.54, 1.807) is 6.07 Å². The first kappa shape index (κ1) is 10.1. The highest BCUT2D eigenvalue weighted by molar-refractivity contribution is 9.10. The molecule has 1 heterocycles. The zero-order valence-corrected chi connectivity index (χ0v) is 9.94. The number of rotatable bonds is 2. The van der Waals surface area contributed by atoms with Crippen LogP contribution in [0.4, 0.5) is 4.39 Å². The van der Waals surface area contributed by atoms with E-state index in [9.17, 15) is 4.39 Å². The minimum atomic E-state index is -0.0990. The van der Waals surface area contributed by atoms with E-state index in [2.05, 4.69) is 20.9 Å². The molecule has 2 rings (SSSR count). The summed E-state index contributed by atoms with van der Waals surface area (Å²) in [4.78, 5) is 4.37. The smallest absolute Gasteiger partial charge is 0.131 e. The molecule has 0 spiro atoms. The number of hydrogen-bond donors (Lipinski definition) is 0. The zero-order valence-electron chi connectivity index (χ0n) is 8.35. The fraction of sp³-hybridized carbons (Fsp3) is 0.545. The normalized spacial score (nSPS) is 16.4. The van der Waals surface area contributed by atoms with E-state index < -0.39 is 0 Å². The number of halogens is 2. The van der Waals surface area contributed by atoms with Crippen molar-refractivity contribution in [2.24, 2.45) is 0 Å². The van der Waals surface area contributed by atoms with Gasteiger partial charge in [0.1, 0.15) is 10.4 Å². The summed E-state index contributed by atoms with van der Waals surface area (Å²) < 4.78 is 14.4. The van der Waals surface area contributed by atoms with Crippen molar-refractivity contribution in [3.05, 3.63) is 27.7 Å². The molecule has 0 unspecified atom stereocenters. The van der Waals surface area contributed by atoms with Crippen LogP contribution in [-0.4, -0.2) is 4.98 Å². The maximum absolute atomic E-state index is 13.7. The molecule has 0 N–H and O–H groups in total. The van der Waals surface area contributed by atoms with Gasteiger partial charge in [-0.05, 0) is 46.7 Å². The third-order valence-corrected chi connectivity index (χ3v) is 3.16. The van der Waals surface area contributed by atoms with Gasteiger partial charge in [0.15, 0.2) is 0 Å². The summed E-state index contributed by atoms with van der Waals surface area (Å²) in [6, 6.07) is 1.57. The van der Waals surface area contributed by atoms with Gasteiger partial charge in [-0.3, -0.25) is 0 Å². The van der Waals surface area contributed by atoms with E-state index in [1.807, 2.05) is 13.8 Å². The Morgan fingerprint density at radius 2 is 2.14 bits per heavy atom. The van der Waals surface area contributed by atoms with Gasteiger partial charge in [-0.25, -0.2) is 9.37 Å². The predicted octanol–water partition coefficient (Wildman–Crippen LogP) is 3.98. The number of aromatic nitrogens is 1. The van der Waals surface area contributed by atoms with Gasteiger partial charge in [0.2, 0.25) is 0 Å². The maximum atomic E-state index is 13.7. The van der Waals surface area contributed by atoms with Crippen LogP contribution in [-0.2, 0) is 0 Å². The SMILES string of the molecule is CC(C)c1cc(F)c(C2CC2)c(Br)n1. The molecular formula is C11H13BrFN. The van der Waals surface area contributed by atoms with Gasteiger partial charge < -0.3 is 0 Å². The lowest BCUT2D eigenvalue weighted by Crippen LogP contribution is -1.99. The number of pyridine rings is 1. The summed E-state index contributed by atoms with van der Waals surface area (Å²) in [6.07, 6.45) is 2.19. The van der Waals surface area contributed by atoms with Crippen molar-refractivity contribution >= 4 is 15.9 Å². The largest absolute Gasteiger partial charge is 0.245 e. The van der Waals surface area contributed by atoms with Gasteiger partial charge in [-0.2, -0.15) is 0 Å². The first-order valence-electron chi connectivity index (χ1n) is 4.95. The van der Waals surface area contributed by atoms with Crippen LogP contribution in [0.1, 0.15) is 49.8 Å². The van der Waals surface area contributed by atoms with Crippen LogP contribution < -0.4 is 0 Å². The molecule has 3 heteroatoms. The van der Waals surface area contributed by atoms with E-state index in [0.29, 0.717) is 10.5 Å². The van der Waals surface area contributed by atoms with Gasteiger partial charge in [-0.15, -0.1) is 0 Å². The van der Waals surface area contributed by atoms with Crippen LogP contribution in [0.5, 0.6) is 0 Å². The highest BCUT2D eigenvalue weighted by Crippen LogP contribution is 2.44. The average molecular weight is 258 g/mol. The lowest BCUT2D eigenvalue weighted by Gasteiger charge is -2.09. The third-order valence-electron chi connectivity index (χ3n) is 2.56. The topological polar surface area (TPSA) is 12.9 Å². The molecule has 76 valence electrons. The Labute approximate surface area is 91.9 Å². The van der Waals surface area contributed by atoms with Crippen molar-refractivity contribution < 1.29 is 4.39 Å². The van der Waals surface area contributed by atoms with Gasteiger partial charge in [0.05, 0.1) is 0 Å². The predicted molar refractivity (Wildman–Crippen MR) is 58.0 cm³/mol. The van der Waals surface area contributed by atoms with Gasteiger partial charge >= 0.3 is 0 Å². The molecule has 0 atom stereocenters. The van der Waals surface area contributed by atoms with Crippen LogP contribution in [0.2, 0.25) is 0 Å². The lowest BCUT2D eigenvalue weighted by atomic mass is 10.1. The molecule has 0 aliphatic heterocycles. The molecule has 0 bridgehead atoms.